The molecule has 1 aromatic carbocycles. The Balaban J connectivity index is 1.84. The summed E-state index contributed by atoms with van der Waals surface area (Å²) in [6.45, 7) is 1.07. The number of hydrogen-bond acceptors (Lipinski definition) is 3. The third-order valence-electron chi connectivity index (χ3n) is 3.56. The number of nitrogens with zero attached hydrogens (tertiary/aromatic N) is 2. The minimum atomic E-state index is -0.802. The molecule has 0 bridgehead atoms. The second-order valence-electron chi connectivity index (χ2n) is 5.53. The first-order valence-electron chi connectivity index (χ1n) is 6.92. The highest BCUT2D eigenvalue weighted by molar-refractivity contribution is 5.92. The normalized spacial score (nSPS) is 15.0. The molecule has 1 saturated heterocycles. The van der Waals surface area contributed by atoms with E-state index in [2.05, 4.69) is 0 Å². The summed E-state index contributed by atoms with van der Waals surface area (Å²) in [6, 6.07) is 7.91. The van der Waals surface area contributed by atoms with Gasteiger partial charge in [-0.15, -0.1) is 0 Å². The maximum Gasteiger partial charge on any atom is 0.303 e. The van der Waals surface area contributed by atoms with Crippen molar-refractivity contribution in [3.8, 4) is 0 Å². The molecule has 0 atom stereocenters. The van der Waals surface area contributed by atoms with Crippen molar-refractivity contribution in [1.82, 2.24) is 4.90 Å². The Morgan fingerprint density at radius 1 is 1.29 bits per heavy atom. The van der Waals surface area contributed by atoms with E-state index in [4.69, 9.17) is 5.11 Å². The van der Waals surface area contributed by atoms with Crippen molar-refractivity contribution in [3.05, 3.63) is 35.9 Å². The highest BCUT2D eigenvalue weighted by atomic mass is 16.4. The Bertz CT molecular complexity index is 543. The Morgan fingerprint density at radius 3 is 2.43 bits per heavy atom. The van der Waals surface area contributed by atoms with Crippen molar-refractivity contribution >= 4 is 23.6 Å². The van der Waals surface area contributed by atoms with Gasteiger partial charge in [-0.05, 0) is 23.8 Å². The van der Waals surface area contributed by atoms with Crippen LogP contribution in [0.5, 0.6) is 0 Å². The Morgan fingerprint density at radius 2 is 1.90 bits per heavy atom. The molecule has 5 heteroatoms. The highest BCUT2D eigenvalue weighted by Gasteiger charge is 2.30. The van der Waals surface area contributed by atoms with Crippen LogP contribution in [0.15, 0.2) is 30.3 Å². The Labute approximate surface area is 124 Å². The molecule has 112 valence electrons. The molecule has 2 rings (SSSR count). The summed E-state index contributed by atoms with van der Waals surface area (Å²) in [6.07, 6.45) is 3.47. The molecule has 1 aliphatic heterocycles. The van der Waals surface area contributed by atoms with Gasteiger partial charge in [-0.3, -0.25) is 9.59 Å². The molecule has 5 nitrogen and oxygen atoms in total. The monoisotopic (exact) mass is 288 g/mol. The van der Waals surface area contributed by atoms with Gasteiger partial charge in [0.15, 0.2) is 0 Å². The number of carbonyl (C=O) groups is 2. The van der Waals surface area contributed by atoms with Crippen molar-refractivity contribution in [2.24, 2.45) is 5.92 Å². The third kappa shape index (κ3) is 4.08. The van der Waals surface area contributed by atoms with Crippen LogP contribution in [-0.4, -0.2) is 49.1 Å². The number of carbonyl (C=O) groups excluding carboxylic acids is 1. The highest BCUT2D eigenvalue weighted by Crippen LogP contribution is 2.19. The summed E-state index contributed by atoms with van der Waals surface area (Å²) in [5, 5.41) is 8.67. The number of anilines is 1. The SMILES string of the molecule is CN(C)c1ccc(C=CC(=O)N2CC(CC(=O)O)C2)cc1. The molecular formula is C16H20N2O3. The summed E-state index contributed by atoms with van der Waals surface area (Å²) < 4.78 is 0. The van der Waals surface area contributed by atoms with E-state index in [0.717, 1.165) is 11.3 Å². The zero-order chi connectivity index (χ0) is 15.4. The van der Waals surface area contributed by atoms with E-state index < -0.39 is 5.97 Å². The zero-order valence-electron chi connectivity index (χ0n) is 12.3. The molecular weight excluding hydrogens is 268 g/mol. The van der Waals surface area contributed by atoms with E-state index in [9.17, 15) is 9.59 Å². The number of likely N-dealkylation sites (tertiary alicyclic amines) is 1. The van der Waals surface area contributed by atoms with Crippen LogP contribution in [0.1, 0.15) is 12.0 Å². The lowest BCUT2D eigenvalue weighted by Gasteiger charge is -2.37. The molecule has 1 heterocycles. The average Bonchev–Trinajstić information content (AvgIpc) is 2.40. The molecule has 0 radical (unpaired) electrons. The van der Waals surface area contributed by atoms with Crippen LogP contribution < -0.4 is 4.90 Å². The van der Waals surface area contributed by atoms with Crippen molar-refractivity contribution in [2.45, 2.75) is 6.42 Å². The van der Waals surface area contributed by atoms with E-state index in [0.29, 0.717) is 13.1 Å². The molecule has 1 N–H and O–H groups in total. The quantitative estimate of drug-likeness (QED) is 0.838. The molecule has 0 unspecified atom stereocenters. The molecule has 0 spiro atoms. The van der Waals surface area contributed by atoms with E-state index in [1.165, 1.54) is 0 Å². The molecule has 1 aliphatic rings. The summed E-state index contributed by atoms with van der Waals surface area (Å²) in [7, 11) is 3.96. The molecule has 0 saturated carbocycles. The molecule has 1 aromatic rings. The summed E-state index contributed by atoms with van der Waals surface area (Å²) in [5.41, 5.74) is 2.08. The molecule has 1 amide bonds. The molecule has 0 aliphatic carbocycles. The summed E-state index contributed by atoms with van der Waals surface area (Å²) >= 11 is 0. The fourth-order valence-electron chi connectivity index (χ4n) is 2.28. The first kappa shape index (κ1) is 15.1. The Hall–Kier alpha value is -2.30. The van der Waals surface area contributed by atoms with Crippen molar-refractivity contribution in [3.63, 3.8) is 0 Å². The van der Waals surface area contributed by atoms with E-state index in [1.807, 2.05) is 43.3 Å². The molecule has 1 fully saturated rings. The lowest BCUT2D eigenvalue weighted by Crippen LogP contribution is -2.49. The molecule has 21 heavy (non-hydrogen) atoms. The van der Waals surface area contributed by atoms with Crippen molar-refractivity contribution < 1.29 is 14.7 Å². The number of carboxylic acid groups (broad SMARTS) is 1. The van der Waals surface area contributed by atoms with Crippen LogP contribution in [0, 0.1) is 5.92 Å². The number of aliphatic carboxylic acids is 1. The lowest BCUT2D eigenvalue weighted by molar-refractivity contribution is -0.143. The molecule has 0 aromatic heterocycles. The van der Waals surface area contributed by atoms with Gasteiger partial charge in [0.05, 0.1) is 6.42 Å². The standard InChI is InChI=1S/C16H20N2O3/c1-17(2)14-6-3-12(4-7-14)5-8-15(19)18-10-13(11-18)9-16(20)21/h3-8,13H,9-11H2,1-2H3,(H,20,21). The Kier molecular flexibility index (Phi) is 4.62. The first-order chi connectivity index (χ1) is 9.95. The first-order valence-corrected chi connectivity index (χ1v) is 6.92. The topological polar surface area (TPSA) is 60.9 Å². The lowest BCUT2D eigenvalue weighted by atomic mass is 9.96. The predicted molar refractivity (Wildman–Crippen MR) is 82.1 cm³/mol. The predicted octanol–water partition coefficient (Wildman–Crippen LogP) is 1.70. The van der Waals surface area contributed by atoms with Crippen LogP contribution >= 0.6 is 0 Å². The van der Waals surface area contributed by atoms with Crippen molar-refractivity contribution in [1.29, 1.82) is 0 Å². The van der Waals surface area contributed by atoms with Gasteiger partial charge in [-0.25, -0.2) is 0 Å². The van der Waals surface area contributed by atoms with Gasteiger partial charge in [0.25, 0.3) is 0 Å². The third-order valence-corrected chi connectivity index (χ3v) is 3.56. The van der Waals surface area contributed by atoms with Crippen LogP contribution in [0.2, 0.25) is 0 Å². The van der Waals surface area contributed by atoms with Crippen LogP contribution in [0.3, 0.4) is 0 Å². The van der Waals surface area contributed by atoms with Gasteiger partial charge >= 0.3 is 5.97 Å². The van der Waals surface area contributed by atoms with Gasteiger partial charge in [0, 0.05) is 44.9 Å². The van der Waals surface area contributed by atoms with Gasteiger partial charge < -0.3 is 14.9 Å². The van der Waals surface area contributed by atoms with E-state index >= 15 is 0 Å². The second-order valence-corrected chi connectivity index (χ2v) is 5.53. The number of hydrogen-bond donors (Lipinski definition) is 1. The summed E-state index contributed by atoms with van der Waals surface area (Å²) in [5.74, 6) is -0.767. The largest absolute Gasteiger partial charge is 0.481 e. The summed E-state index contributed by atoms with van der Waals surface area (Å²) in [4.78, 5) is 26.1. The smallest absolute Gasteiger partial charge is 0.303 e. The second kappa shape index (κ2) is 6.43. The maximum absolute atomic E-state index is 11.9. The number of amides is 1. The van der Waals surface area contributed by atoms with Gasteiger partial charge in [0.1, 0.15) is 0 Å². The van der Waals surface area contributed by atoms with E-state index in [1.54, 1.807) is 17.1 Å². The maximum atomic E-state index is 11.9. The average molecular weight is 288 g/mol. The van der Waals surface area contributed by atoms with Gasteiger partial charge in [-0.2, -0.15) is 0 Å². The van der Waals surface area contributed by atoms with E-state index in [-0.39, 0.29) is 18.2 Å². The van der Waals surface area contributed by atoms with Gasteiger partial charge in [-0.1, -0.05) is 12.1 Å². The fourth-order valence-corrected chi connectivity index (χ4v) is 2.28. The number of rotatable bonds is 5. The number of benzene rings is 1. The van der Waals surface area contributed by atoms with Crippen LogP contribution in [0.25, 0.3) is 6.08 Å². The van der Waals surface area contributed by atoms with Crippen LogP contribution in [0.4, 0.5) is 5.69 Å². The van der Waals surface area contributed by atoms with Crippen LogP contribution in [-0.2, 0) is 9.59 Å². The number of carboxylic acids is 1. The van der Waals surface area contributed by atoms with Gasteiger partial charge in [0.2, 0.25) is 5.91 Å². The zero-order valence-corrected chi connectivity index (χ0v) is 12.3. The minimum Gasteiger partial charge on any atom is -0.481 e. The minimum absolute atomic E-state index is 0.0617. The van der Waals surface area contributed by atoms with Crippen molar-refractivity contribution in [2.75, 3.05) is 32.1 Å². The fraction of sp³-hybridized carbons (Fsp3) is 0.375.